The Morgan fingerprint density at radius 1 is 1.15 bits per heavy atom. The second-order valence-electron chi connectivity index (χ2n) is 7.54. The third-order valence-electron chi connectivity index (χ3n) is 5.42. The number of aromatic nitrogens is 1. The highest BCUT2D eigenvalue weighted by atomic mass is 32.2. The van der Waals surface area contributed by atoms with Gasteiger partial charge >= 0.3 is 0 Å². The van der Waals surface area contributed by atoms with Gasteiger partial charge in [0.25, 0.3) is 0 Å². The first-order chi connectivity index (χ1) is 12.8. The average molecular weight is 391 g/mol. The molecule has 2 aliphatic heterocycles. The van der Waals surface area contributed by atoms with Crippen LogP contribution in [0.1, 0.15) is 11.5 Å². The van der Waals surface area contributed by atoms with Gasteiger partial charge in [0.1, 0.15) is 0 Å². The van der Waals surface area contributed by atoms with Crippen LogP contribution in [0.3, 0.4) is 0 Å². The van der Waals surface area contributed by atoms with Crippen molar-refractivity contribution in [2.24, 2.45) is 5.92 Å². The number of aryl methyl sites for hydroxylation is 2. The Bertz CT molecular complexity index is 940. The Kier molecular flexibility index (Phi) is 4.84. The maximum absolute atomic E-state index is 13.5. The van der Waals surface area contributed by atoms with Gasteiger partial charge < -0.3 is 9.15 Å². The number of nitrogens with zero attached hydrogens (tertiary/aromatic N) is 3. The number of oxazole rings is 1. The molecule has 8 heteroatoms. The fourth-order valence-electron chi connectivity index (χ4n) is 3.87. The molecule has 3 heterocycles. The fourth-order valence-corrected chi connectivity index (χ4v) is 5.67. The lowest BCUT2D eigenvalue weighted by molar-refractivity contribution is 0.0727. The molecule has 0 N–H and O–H groups in total. The summed E-state index contributed by atoms with van der Waals surface area (Å²) < 4.78 is 39.9. The zero-order valence-electron chi connectivity index (χ0n) is 15.9. The number of rotatable bonds is 3. The monoisotopic (exact) mass is 391 g/mol. The zero-order valence-corrected chi connectivity index (χ0v) is 16.7. The number of fused-ring (bicyclic) bond motifs is 3. The van der Waals surface area contributed by atoms with Gasteiger partial charge in [-0.3, -0.25) is 4.90 Å². The first kappa shape index (κ1) is 18.6. The summed E-state index contributed by atoms with van der Waals surface area (Å²) in [4.78, 5) is 6.66. The molecule has 2 aromatic rings. The summed E-state index contributed by atoms with van der Waals surface area (Å²) in [5, 5.41) is 0. The number of sulfonamides is 1. The quantitative estimate of drug-likeness (QED) is 0.796. The summed E-state index contributed by atoms with van der Waals surface area (Å²) in [6.07, 6.45) is 1.62. The van der Waals surface area contributed by atoms with E-state index in [0.717, 1.165) is 17.7 Å². The summed E-state index contributed by atoms with van der Waals surface area (Å²) in [5.41, 5.74) is 1.45. The molecular formula is C19H25N3O4S. The van der Waals surface area contributed by atoms with E-state index in [1.165, 1.54) is 0 Å². The lowest BCUT2D eigenvalue weighted by atomic mass is 10.1. The van der Waals surface area contributed by atoms with Crippen molar-refractivity contribution in [2.45, 2.75) is 24.8 Å². The molecule has 0 aliphatic carbocycles. The van der Waals surface area contributed by atoms with Crippen LogP contribution in [0.5, 0.6) is 0 Å². The van der Waals surface area contributed by atoms with Gasteiger partial charge in [0, 0.05) is 44.1 Å². The van der Waals surface area contributed by atoms with Crippen molar-refractivity contribution in [2.75, 3.05) is 39.9 Å². The minimum absolute atomic E-state index is 0.0766. The lowest BCUT2D eigenvalue weighted by Crippen LogP contribution is -2.44. The van der Waals surface area contributed by atoms with Crippen molar-refractivity contribution in [1.29, 1.82) is 0 Å². The van der Waals surface area contributed by atoms with Crippen LogP contribution in [0.4, 0.5) is 0 Å². The zero-order chi connectivity index (χ0) is 19.2. The fraction of sp³-hybridized carbons (Fsp3) is 0.526. The van der Waals surface area contributed by atoms with Crippen molar-refractivity contribution in [1.82, 2.24) is 14.2 Å². The van der Waals surface area contributed by atoms with E-state index in [2.05, 4.69) is 9.88 Å². The van der Waals surface area contributed by atoms with Gasteiger partial charge in [-0.15, -0.1) is 0 Å². The predicted octanol–water partition coefficient (Wildman–Crippen LogP) is 1.91. The highest BCUT2D eigenvalue weighted by molar-refractivity contribution is 7.89. The molecule has 7 nitrogen and oxygen atoms in total. The van der Waals surface area contributed by atoms with Crippen LogP contribution in [0.2, 0.25) is 0 Å². The molecule has 2 saturated heterocycles. The maximum Gasteiger partial charge on any atom is 0.243 e. The van der Waals surface area contributed by atoms with Crippen molar-refractivity contribution >= 4 is 10.0 Å². The largest absolute Gasteiger partial charge is 0.441 e. The Labute approximate surface area is 160 Å². The molecular weight excluding hydrogens is 366 g/mol. The summed E-state index contributed by atoms with van der Waals surface area (Å²) in [7, 11) is -1.57. The average Bonchev–Trinajstić information content (AvgIpc) is 2.86. The smallest absolute Gasteiger partial charge is 0.243 e. The first-order valence-corrected chi connectivity index (χ1v) is 10.6. The molecule has 0 saturated carbocycles. The van der Waals surface area contributed by atoms with Crippen LogP contribution in [0, 0.1) is 19.8 Å². The van der Waals surface area contributed by atoms with Gasteiger partial charge in [-0.25, -0.2) is 13.4 Å². The molecule has 4 rings (SSSR count). The van der Waals surface area contributed by atoms with Crippen LogP contribution in [0.25, 0.3) is 11.3 Å². The number of ether oxygens (including phenoxy) is 1. The van der Waals surface area contributed by atoms with Gasteiger partial charge in [0.15, 0.2) is 11.7 Å². The number of hydrogen-bond acceptors (Lipinski definition) is 6. The second kappa shape index (κ2) is 7.01. The Hall–Kier alpha value is -1.74. The number of hydrogen-bond donors (Lipinski definition) is 0. The molecule has 0 unspecified atom stereocenters. The van der Waals surface area contributed by atoms with Crippen LogP contribution < -0.4 is 0 Å². The summed E-state index contributed by atoms with van der Waals surface area (Å²) in [5.74, 6) is 1.31. The molecule has 2 fully saturated rings. The van der Waals surface area contributed by atoms with E-state index in [0.29, 0.717) is 42.8 Å². The summed E-state index contributed by atoms with van der Waals surface area (Å²) >= 11 is 0. The van der Waals surface area contributed by atoms with E-state index in [1.54, 1.807) is 23.5 Å². The van der Waals surface area contributed by atoms with Crippen molar-refractivity contribution < 1.29 is 17.6 Å². The van der Waals surface area contributed by atoms with Gasteiger partial charge in [0.05, 0.1) is 24.3 Å². The molecule has 2 aliphatic rings. The molecule has 27 heavy (non-hydrogen) atoms. The minimum atomic E-state index is -3.62. The minimum Gasteiger partial charge on any atom is -0.441 e. The maximum atomic E-state index is 13.5. The standard InChI is InChI=1S/C19H25N3O4S/c1-13-4-5-16(18-7-20-14(2)26-18)6-19(13)27(23,24)22-9-15-8-21(3)17(10-22)12-25-11-15/h4-7,15,17H,8-12H2,1-3H3/t15-,17+/m1/s1. The Morgan fingerprint density at radius 2 is 1.96 bits per heavy atom. The number of likely N-dealkylation sites (N-methyl/N-ethyl adjacent to an activating group) is 1. The highest BCUT2D eigenvalue weighted by Gasteiger charge is 2.37. The third-order valence-corrected chi connectivity index (χ3v) is 7.39. The summed E-state index contributed by atoms with van der Waals surface area (Å²) in [6.45, 7) is 6.54. The molecule has 2 bridgehead atoms. The van der Waals surface area contributed by atoms with Crippen molar-refractivity contribution in [3.63, 3.8) is 0 Å². The molecule has 146 valence electrons. The number of benzene rings is 1. The summed E-state index contributed by atoms with van der Waals surface area (Å²) in [6, 6.07) is 5.47. The van der Waals surface area contributed by atoms with E-state index in [9.17, 15) is 8.42 Å². The highest BCUT2D eigenvalue weighted by Crippen LogP contribution is 2.30. The topological polar surface area (TPSA) is 75.9 Å². The Morgan fingerprint density at radius 3 is 2.70 bits per heavy atom. The van der Waals surface area contributed by atoms with Gasteiger partial charge in [-0.05, 0) is 25.6 Å². The van der Waals surface area contributed by atoms with E-state index in [4.69, 9.17) is 9.15 Å². The van der Waals surface area contributed by atoms with E-state index in [-0.39, 0.29) is 12.0 Å². The SMILES string of the molecule is Cc1ncc(-c2ccc(C)c(S(=O)(=O)N3C[C@@H]4COC[C@H](C3)N(C)C4)c2)o1. The first-order valence-electron chi connectivity index (χ1n) is 9.16. The molecule has 0 radical (unpaired) electrons. The molecule has 0 amide bonds. The normalized spacial score (nSPS) is 24.7. The lowest BCUT2D eigenvalue weighted by Gasteiger charge is -2.29. The third kappa shape index (κ3) is 3.54. The van der Waals surface area contributed by atoms with Gasteiger partial charge in [-0.1, -0.05) is 12.1 Å². The van der Waals surface area contributed by atoms with E-state index < -0.39 is 10.0 Å². The second-order valence-corrected chi connectivity index (χ2v) is 9.45. The van der Waals surface area contributed by atoms with Crippen molar-refractivity contribution in [3.05, 3.63) is 35.9 Å². The van der Waals surface area contributed by atoms with Crippen LogP contribution in [0.15, 0.2) is 33.7 Å². The van der Waals surface area contributed by atoms with Gasteiger partial charge in [-0.2, -0.15) is 4.31 Å². The van der Waals surface area contributed by atoms with Crippen LogP contribution >= 0.6 is 0 Å². The molecule has 2 atom stereocenters. The molecule has 1 aromatic heterocycles. The van der Waals surface area contributed by atoms with E-state index >= 15 is 0 Å². The van der Waals surface area contributed by atoms with Crippen LogP contribution in [-0.2, 0) is 14.8 Å². The van der Waals surface area contributed by atoms with Crippen molar-refractivity contribution in [3.8, 4) is 11.3 Å². The van der Waals surface area contributed by atoms with Gasteiger partial charge in [0.2, 0.25) is 10.0 Å². The molecule has 1 aromatic carbocycles. The Balaban J connectivity index is 1.71. The van der Waals surface area contributed by atoms with E-state index in [1.807, 2.05) is 26.1 Å². The predicted molar refractivity (Wildman–Crippen MR) is 101 cm³/mol. The van der Waals surface area contributed by atoms with Crippen LogP contribution in [-0.4, -0.2) is 68.5 Å². The molecule has 0 spiro atoms.